The van der Waals surface area contributed by atoms with Crippen molar-refractivity contribution < 1.29 is 9.84 Å². The maximum absolute atomic E-state index is 10.3. The number of benzene rings is 1. The van der Waals surface area contributed by atoms with Crippen LogP contribution in [0.4, 0.5) is 0 Å². The molecule has 0 bridgehead atoms. The lowest BCUT2D eigenvalue weighted by Crippen LogP contribution is -2.34. The second-order valence-electron chi connectivity index (χ2n) is 6.25. The standard InChI is InChI=1S/C18H25N3O2/c1-20-11-16(10-19-20)18-8-5-9-21(18)12-17(22)14-23-13-15-6-3-2-4-7-15/h2-4,6-7,10-11,17-18,22H,5,8-9,12-14H2,1H3/t17-,18+/m0/s1. The minimum atomic E-state index is -0.462. The van der Waals surface area contributed by atoms with Crippen LogP contribution in [0.15, 0.2) is 42.7 Å². The van der Waals surface area contributed by atoms with E-state index < -0.39 is 6.10 Å². The zero-order chi connectivity index (χ0) is 16.1. The van der Waals surface area contributed by atoms with E-state index in [0.29, 0.717) is 25.8 Å². The van der Waals surface area contributed by atoms with Crippen LogP contribution in [0.25, 0.3) is 0 Å². The van der Waals surface area contributed by atoms with Crippen LogP contribution in [0.3, 0.4) is 0 Å². The van der Waals surface area contributed by atoms with Gasteiger partial charge in [0.2, 0.25) is 0 Å². The van der Waals surface area contributed by atoms with Gasteiger partial charge in [0.1, 0.15) is 0 Å². The van der Waals surface area contributed by atoms with Crippen LogP contribution < -0.4 is 0 Å². The predicted octanol–water partition coefficient (Wildman–Crippen LogP) is 2.13. The van der Waals surface area contributed by atoms with E-state index in [4.69, 9.17) is 4.74 Å². The monoisotopic (exact) mass is 315 g/mol. The van der Waals surface area contributed by atoms with Gasteiger partial charge in [-0.25, -0.2) is 0 Å². The number of nitrogens with zero attached hydrogens (tertiary/aromatic N) is 3. The van der Waals surface area contributed by atoms with E-state index in [1.807, 2.05) is 48.3 Å². The zero-order valence-corrected chi connectivity index (χ0v) is 13.6. The lowest BCUT2D eigenvalue weighted by molar-refractivity contribution is 0.00771. The number of aryl methyl sites for hydroxylation is 1. The molecule has 0 saturated carbocycles. The molecule has 0 spiro atoms. The van der Waals surface area contributed by atoms with Gasteiger partial charge in [0.25, 0.3) is 0 Å². The molecule has 23 heavy (non-hydrogen) atoms. The Bertz CT molecular complexity index is 599. The molecular formula is C18H25N3O2. The number of hydrogen-bond donors (Lipinski definition) is 1. The molecule has 1 N–H and O–H groups in total. The second-order valence-corrected chi connectivity index (χ2v) is 6.25. The van der Waals surface area contributed by atoms with Gasteiger partial charge in [0, 0.05) is 31.4 Å². The van der Waals surface area contributed by atoms with Gasteiger partial charge in [0.15, 0.2) is 0 Å². The van der Waals surface area contributed by atoms with Crippen molar-refractivity contribution in [2.75, 3.05) is 19.7 Å². The Hall–Kier alpha value is -1.69. The highest BCUT2D eigenvalue weighted by Gasteiger charge is 2.28. The number of aliphatic hydroxyl groups is 1. The first-order valence-corrected chi connectivity index (χ1v) is 8.24. The minimum Gasteiger partial charge on any atom is -0.389 e. The van der Waals surface area contributed by atoms with Gasteiger partial charge in [-0.05, 0) is 24.9 Å². The first kappa shape index (κ1) is 16.2. The molecule has 1 aromatic heterocycles. The van der Waals surface area contributed by atoms with Gasteiger partial charge in [0.05, 0.1) is 25.5 Å². The van der Waals surface area contributed by atoms with Gasteiger partial charge in [-0.15, -0.1) is 0 Å². The van der Waals surface area contributed by atoms with Crippen molar-refractivity contribution in [3.63, 3.8) is 0 Å². The van der Waals surface area contributed by atoms with Crippen LogP contribution in [0.5, 0.6) is 0 Å². The summed E-state index contributed by atoms with van der Waals surface area (Å²) in [6.07, 6.45) is 5.83. The van der Waals surface area contributed by atoms with Crippen molar-refractivity contribution in [1.29, 1.82) is 0 Å². The first-order chi connectivity index (χ1) is 11.2. The van der Waals surface area contributed by atoms with Crippen molar-refractivity contribution in [2.45, 2.75) is 31.6 Å². The minimum absolute atomic E-state index is 0.366. The molecular weight excluding hydrogens is 290 g/mol. The summed E-state index contributed by atoms with van der Waals surface area (Å²) in [5, 5.41) is 14.5. The maximum Gasteiger partial charge on any atom is 0.0900 e. The molecule has 1 aliphatic rings. The van der Waals surface area contributed by atoms with Gasteiger partial charge < -0.3 is 9.84 Å². The van der Waals surface area contributed by atoms with Gasteiger partial charge in [-0.1, -0.05) is 30.3 Å². The fourth-order valence-corrected chi connectivity index (χ4v) is 3.24. The number of β-amino-alcohol motifs (C(OH)–C–C–N with tert-alkyl or cyclic N) is 1. The largest absolute Gasteiger partial charge is 0.389 e. The van der Waals surface area contributed by atoms with E-state index in [0.717, 1.165) is 24.9 Å². The summed E-state index contributed by atoms with van der Waals surface area (Å²) in [4.78, 5) is 2.34. The Morgan fingerprint density at radius 2 is 2.17 bits per heavy atom. The Labute approximate surface area is 137 Å². The van der Waals surface area contributed by atoms with Gasteiger partial charge >= 0.3 is 0 Å². The molecule has 1 aliphatic heterocycles. The highest BCUT2D eigenvalue weighted by atomic mass is 16.5. The molecule has 0 unspecified atom stereocenters. The van der Waals surface area contributed by atoms with E-state index in [-0.39, 0.29) is 0 Å². The van der Waals surface area contributed by atoms with Crippen molar-refractivity contribution in [3.8, 4) is 0 Å². The SMILES string of the molecule is Cn1cc([C@H]2CCCN2C[C@H](O)COCc2ccccc2)cn1. The first-order valence-electron chi connectivity index (χ1n) is 8.24. The lowest BCUT2D eigenvalue weighted by atomic mass is 10.1. The molecule has 2 aromatic rings. The van der Waals surface area contributed by atoms with E-state index in [1.165, 1.54) is 5.56 Å². The molecule has 1 aromatic carbocycles. The molecule has 1 fully saturated rings. The number of aliphatic hydroxyl groups excluding tert-OH is 1. The molecule has 124 valence electrons. The van der Waals surface area contributed by atoms with Gasteiger partial charge in [-0.3, -0.25) is 9.58 Å². The predicted molar refractivity (Wildman–Crippen MR) is 88.9 cm³/mol. The quantitative estimate of drug-likeness (QED) is 0.850. The summed E-state index contributed by atoms with van der Waals surface area (Å²) >= 11 is 0. The summed E-state index contributed by atoms with van der Waals surface area (Å²) in [6, 6.07) is 10.4. The molecule has 2 atom stereocenters. The third kappa shape index (κ3) is 4.41. The van der Waals surface area contributed by atoms with E-state index in [1.54, 1.807) is 0 Å². The molecule has 0 radical (unpaired) electrons. The van der Waals surface area contributed by atoms with E-state index in [2.05, 4.69) is 16.2 Å². The topological polar surface area (TPSA) is 50.5 Å². The molecule has 2 heterocycles. The number of hydrogen-bond acceptors (Lipinski definition) is 4. The van der Waals surface area contributed by atoms with Crippen LogP contribution in [0, 0.1) is 0 Å². The van der Waals surface area contributed by atoms with Crippen LogP contribution >= 0.6 is 0 Å². The van der Waals surface area contributed by atoms with Crippen molar-refractivity contribution in [2.24, 2.45) is 7.05 Å². The average Bonchev–Trinajstić information content (AvgIpc) is 3.17. The highest BCUT2D eigenvalue weighted by molar-refractivity contribution is 5.13. The van der Waals surface area contributed by atoms with Crippen LogP contribution in [-0.4, -0.2) is 45.6 Å². The van der Waals surface area contributed by atoms with Crippen molar-refractivity contribution in [3.05, 3.63) is 53.9 Å². The van der Waals surface area contributed by atoms with Gasteiger partial charge in [-0.2, -0.15) is 5.10 Å². The van der Waals surface area contributed by atoms with E-state index in [9.17, 15) is 5.11 Å². The number of aromatic nitrogens is 2. The molecule has 0 amide bonds. The third-order valence-corrected chi connectivity index (χ3v) is 4.34. The summed E-state index contributed by atoms with van der Waals surface area (Å²) in [5.41, 5.74) is 2.37. The number of likely N-dealkylation sites (tertiary alicyclic amines) is 1. The van der Waals surface area contributed by atoms with E-state index >= 15 is 0 Å². The third-order valence-electron chi connectivity index (χ3n) is 4.34. The fourth-order valence-electron chi connectivity index (χ4n) is 3.24. The smallest absolute Gasteiger partial charge is 0.0900 e. The molecule has 5 heteroatoms. The normalized spacial score (nSPS) is 20.0. The van der Waals surface area contributed by atoms with Crippen LogP contribution in [-0.2, 0) is 18.4 Å². The van der Waals surface area contributed by atoms with Crippen molar-refractivity contribution in [1.82, 2.24) is 14.7 Å². The van der Waals surface area contributed by atoms with Crippen LogP contribution in [0.1, 0.15) is 30.0 Å². The Balaban J connectivity index is 1.46. The molecule has 3 rings (SSSR count). The summed E-state index contributed by atoms with van der Waals surface area (Å²) < 4.78 is 7.48. The number of rotatable bonds is 7. The number of ether oxygens (including phenoxy) is 1. The molecule has 5 nitrogen and oxygen atoms in total. The molecule has 1 saturated heterocycles. The summed E-state index contributed by atoms with van der Waals surface area (Å²) in [5.74, 6) is 0. The zero-order valence-electron chi connectivity index (χ0n) is 13.6. The molecule has 0 aliphatic carbocycles. The highest BCUT2D eigenvalue weighted by Crippen LogP contribution is 2.31. The fraction of sp³-hybridized carbons (Fsp3) is 0.500. The average molecular weight is 315 g/mol. The lowest BCUT2D eigenvalue weighted by Gasteiger charge is -2.26. The maximum atomic E-state index is 10.3. The Morgan fingerprint density at radius 1 is 1.35 bits per heavy atom. The van der Waals surface area contributed by atoms with Crippen LogP contribution in [0.2, 0.25) is 0 Å². The van der Waals surface area contributed by atoms with Crippen molar-refractivity contribution >= 4 is 0 Å². The summed E-state index contributed by atoms with van der Waals surface area (Å²) in [6.45, 7) is 2.58. The second kappa shape index (κ2) is 7.73. The summed E-state index contributed by atoms with van der Waals surface area (Å²) in [7, 11) is 1.94. The Kier molecular flexibility index (Phi) is 5.43. The Morgan fingerprint density at radius 3 is 2.91 bits per heavy atom.